The van der Waals surface area contributed by atoms with Gasteiger partial charge >= 0.3 is 0 Å². The van der Waals surface area contributed by atoms with Crippen LogP contribution in [0.2, 0.25) is 0 Å². The number of hydrogen-bond acceptors (Lipinski definition) is 9. The van der Waals surface area contributed by atoms with Crippen LogP contribution in [0.5, 0.6) is 0 Å². The van der Waals surface area contributed by atoms with Gasteiger partial charge in [-0.15, -0.1) is 0 Å². The number of nitrogens with two attached hydrogens (primary N) is 2. The minimum Gasteiger partial charge on any atom is -0.380 e. The number of hydrogen-bond donors (Lipinski definition) is 2. The summed E-state index contributed by atoms with van der Waals surface area (Å²) < 4.78 is 29.5. The molecular weight excluding hydrogens is 838 g/mol. The first-order valence-corrected chi connectivity index (χ1v) is 23.1. The average molecular weight is 896 g/mol. The van der Waals surface area contributed by atoms with Crippen LogP contribution in [0.15, 0.2) is 89.5 Å². The maximum absolute atomic E-state index is 16.0. The quantitative estimate of drug-likeness (QED) is 0.104. The number of nitrogen functional groups attached to an aromatic ring is 1. The molecule has 3 heterocycles. The van der Waals surface area contributed by atoms with E-state index in [-0.39, 0.29) is 40.9 Å². The van der Waals surface area contributed by atoms with Crippen molar-refractivity contribution in [2.24, 2.45) is 17.6 Å². The summed E-state index contributed by atoms with van der Waals surface area (Å²) >= 11 is 0. The topological polar surface area (TPSA) is 170 Å². The summed E-state index contributed by atoms with van der Waals surface area (Å²) in [6.07, 6.45) is 3.29. The molecule has 0 bridgehead atoms. The van der Waals surface area contributed by atoms with E-state index < -0.39 is 22.9 Å². The highest BCUT2D eigenvalue weighted by Gasteiger charge is 2.63. The molecule has 14 heteroatoms. The Balaban J connectivity index is 0.869. The molecule has 4 aromatic carbocycles. The number of Topliss-reactive ketones (excluding diaryl/α,β-unsaturated/α-hetero) is 1. The number of ketones is 1. The van der Waals surface area contributed by atoms with Gasteiger partial charge in [-0.2, -0.15) is 0 Å². The molecule has 0 radical (unpaired) electrons. The Morgan fingerprint density at radius 2 is 1.61 bits per heavy atom. The summed E-state index contributed by atoms with van der Waals surface area (Å²) in [5.74, 6) is -1.42. The maximum atomic E-state index is 16.0. The first kappa shape index (κ1) is 44.8. The summed E-state index contributed by atoms with van der Waals surface area (Å²) in [6.45, 7) is 10.5. The number of halogens is 1. The first-order valence-electron chi connectivity index (χ1n) is 23.1. The smallest absolute Gasteiger partial charge is 0.256 e. The van der Waals surface area contributed by atoms with E-state index in [0.717, 1.165) is 45.1 Å². The molecule has 4 atom stereocenters. The lowest BCUT2D eigenvalue weighted by molar-refractivity contribution is -0.137. The molecule has 2 aliphatic carbocycles. The molecule has 1 aliphatic heterocycles. The number of carbonyl (C=O) groups is 4. The van der Waals surface area contributed by atoms with E-state index in [4.69, 9.17) is 20.7 Å². The summed E-state index contributed by atoms with van der Waals surface area (Å²) in [7, 11) is 1.60. The molecule has 4 N–H and O–H groups in total. The minimum atomic E-state index is -1.03. The SMILES string of the molecule is CCCN(CCC(C)C(C)C(=O)C1(OC)CC1c1c(C)n(-c2ccc(C(=O)N3CCN(C(=O)C4(N)CC4)CC3)c(F)c2)c2ccccc12)C(=O)c1ccc(-c2ccc3c(N)noc3c2)cc1. The molecule has 6 aromatic rings. The summed E-state index contributed by atoms with van der Waals surface area (Å²) in [6, 6.07) is 25.8. The van der Waals surface area contributed by atoms with Crippen LogP contribution in [0, 0.1) is 24.6 Å². The Kier molecular flexibility index (Phi) is 11.8. The lowest BCUT2D eigenvalue weighted by Crippen LogP contribution is -2.55. The number of para-hydroxylation sites is 1. The fourth-order valence-corrected chi connectivity index (χ4v) is 10.1. The predicted octanol–water partition coefficient (Wildman–Crippen LogP) is 7.90. The van der Waals surface area contributed by atoms with Crippen molar-refractivity contribution in [3.63, 3.8) is 0 Å². The highest BCUT2D eigenvalue weighted by Crippen LogP contribution is 2.59. The Hall–Kier alpha value is -6.38. The third-order valence-corrected chi connectivity index (χ3v) is 14.6. The van der Waals surface area contributed by atoms with Crippen LogP contribution in [0.25, 0.3) is 38.7 Å². The number of fused-ring (bicyclic) bond motifs is 2. The van der Waals surface area contributed by atoms with Crippen molar-refractivity contribution in [1.29, 1.82) is 0 Å². The predicted molar refractivity (Wildman–Crippen MR) is 252 cm³/mol. The van der Waals surface area contributed by atoms with Crippen molar-refractivity contribution < 1.29 is 32.8 Å². The lowest BCUT2D eigenvalue weighted by atomic mass is 9.84. The van der Waals surface area contributed by atoms with Gasteiger partial charge in [0.2, 0.25) is 5.91 Å². The van der Waals surface area contributed by atoms with Crippen molar-refractivity contribution in [3.8, 4) is 16.8 Å². The molecule has 3 aliphatic rings. The Bertz CT molecular complexity index is 2860. The summed E-state index contributed by atoms with van der Waals surface area (Å²) in [5.41, 5.74) is 16.5. The normalized spacial score (nSPS) is 19.8. The maximum Gasteiger partial charge on any atom is 0.256 e. The molecule has 2 saturated carbocycles. The van der Waals surface area contributed by atoms with Gasteiger partial charge in [-0.1, -0.05) is 62.3 Å². The summed E-state index contributed by atoms with van der Waals surface area (Å²) in [4.78, 5) is 59.9. The third-order valence-electron chi connectivity index (χ3n) is 14.6. The van der Waals surface area contributed by atoms with E-state index in [1.807, 2.05) is 97.0 Å². The van der Waals surface area contributed by atoms with Crippen molar-refractivity contribution in [3.05, 3.63) is 113 Å². The van der Waals surface area contributed by atoms with Crippen molar-refractivity contribution in [2.75, 3.05) is 52.1 Å². The van der Waals surface area contributed by atoms with Crippen molar-refractivity contribution in [2.45, 2.75) is 76.9 Å². The van der Waals surface area contributed by atoms with E-state index in [1.165, 1.54) is 12.1 Å². The lowest BCUT2D eigenvalue weighted by Gasteiger charge is -2.36. The molecule has 13 nitrogen and oxygen atoms in total. The Morgan fingerprint density at radius 1 is 0.909 bits per heavy atom. The third kappa shape index (κ3) is 7.93. The molecule has 3 fully saturated rings. The largest absolute Gasteiger partial charge is 0.380 e. The number of piperazine rings is 1. The number of methoxy groups -OCH3 is 1. The molecule has 4 unspecified atom stereocenters. The van der Waals surface area contributed by atoms with Crippen LogP contribution < -0.4 is 11.5 Å². The molecule has 3 amide bonds. The van der Waals surface area contributed by atoms with Gasteiger partial charge in [0.25, 0.3) is 11.8 Å². The fourth-order valence-electron chi connectivity index (χ4n) is 10.1. The molecule has 9 rings (SSSR count). The fraction of sp³-hybridized carbons (Fsp3) is 0.404. The monoisotopic (exact) mass is 895 g/mol. The zero-order chi connectivity index (χ0) is 46.7. The second kappa shape index (κ2) is 17.4. The van der Waals surface area contributed by atoms with E-state index in [1.54, 1.807) is 23.0 Å². The Labute approximate surface area is 383 Å². The van der Waals surface area contributed by atoms with E-state index in [0.29, 0.717) is 87.6 Å². The van der Waals surface area contributed by atoms with Gasteiger partial charge < -0.3 is 40.0 Å². The first-order chi connectivity index (χ1) is 31.7. The second-order valence-corrected chi connectivity index (χ2v) is 18.7. The minimum absolute atomic E-state index is 0.0267. The van der Waals surface area contributed by atoms with Gasteiger partial charge in [0.05, 0.1) is 22.0 Å². The number of ether oxygens (including phenoxy) is 1. The van der Waals surface area contributed by atoms with Crippen LogP contribution >= 0.6 is 0 Å². The van der Waals surface area contributed by atoms with Crippen molar-refractivity contribution >= 4 is 51.2 Å². The second-order valence-electron chi connectivity index (χ2n) is 18.7. The van der Waals surface area contributed by atoms with E-state index in [9.17, 15) is 19.2 Å². The van der Waals surface area contributed by atoms with Crippen LogP contribution in [0.4, 0.5) is 10.2 Å². The van der Waals surface area contributed by atoms with Crippen LogP contribution in [-0.2, 0) is 14.3 Å². The summed E-state index contributed by atoms with van der Waals surface area (Å²) in [5, 5.41) is 5.55. The van der Waals surface area contributed by atoms with Gasteiger partial charge in [0, 0.05) is 80.5 Å². The van der Waals surface area contributed by atoms with Crippen LogP contribution in [0.1, 0.15) is 90.8 Å². The number of nitrogens with zero attached hydrogens (tertiary/aromatic N) is 5. The average Bonchev–Trinajstić information content (AvgIpc) is 4.21. The number of carbonyl (C=O) groups excluding carboxylic acids is 4. The standard InChI is InChI=1S/C52H58FN7O6/c1-6-22-57(48(62)35-13-11-34(12-14-35)36-15-17-40-44(28-36)66-56-47(40)54)23-19-31(2)32(3)46(61)52(65-5)30-41(52)45-33(4)60(43-10-8-7-9-39(43)45)37-16-18-38(42(53)29-37)49(63)58-24-26-59(27-25-58)50(64)51(55)20-21-51/h7-18,28-29,31-32,41H,6,19-27,30,55H2,1-5H3,(H2,54,56). The molecule has 2 aromatic heterocycles. The van der Waals surface area contributed by atoms with Gasteiger partial charge in [0.15, 0.2) is 17.2 Å². The molecule has 344 valence electrons. The molecule has 0 spiro atoms. The van der Waals surface area contributed by atoms with Gasteiger partial charge in [0.1, 0.15) is 11.4 Å². The highest BCUT2D eigenvalue weighted by atomic mass is 19.1. The number of anilines is 1. The van der Waals surface area contributed by atoms with Gasteiger partial charge in [-0.3, -0.25) is 19.2 Å². The van der Waals surface area contributed by atoms with E-state index in [2.05, 4.69) is 12.1 Å². The molecule has 66 heavy (non-hydrogen) atoms. The van der Waals surface area contributed by atoms with Gasteiger partial charge in [-0.05, 0) is 110 Å². The van der Waals surface area contributed by atoms with Crippen LogP contribution in [0.3, 0.4) is 0 Å². The Morgan fingerprint density at radius 3 is 2.29 bits per heavy atom. The number of amides is 3. The molecular formula is C52H58FN7O6. The van der Waals surface area contributed by atoms with E-state index >= 15 is 4.39 Å². The van der Waals surface area contributed by atoms with Crippen molar-refractivity contribution in [1.82, 2.24) is 24.4 Å². The highest BCUT2D eigenvalue weighted by molar-refractivity contribution is 5.99. The zero-order valence-corrected chi connectivity index (χ0v) is 38.3. The zero-order valence-electron chi connectivity index (χ0n) is 38.3. The number of aromatic nitrogens is 2. The molecule has 1 saturated heterocycles. The number of benzene rings is 4. The van der Waals surface area contributed by atoms with Gasteiger partial charge in [-0.25, -0.2) is 4.39 Å². The number of rotatable bonds is 15. The van der Waals surface area contributed by atoms with Crippen LogP contribution in [-0.4, -0.2) is 105 Å².